The fraction of sp³-hybridized carbons (Fsp3) is 0.625. The van der Waals surface area contributed by atoms with Crippen molar-refractivity contribution in [1.29, 1.82) is 0 Å². The lowest BCUT2D eigenvalue weighted by atomic mass is 9.95. The molecule has 0 aliphatic carbocycles. The zero-order valence-electron chi connectivity index (χ0n) is 8.61. The summed E-state index contributed by atoms with van der Waals surface area (Å²) in [5.41, 5.74) is -3.70. The first-order chi connectivity index (χ1) is 7.72. The second-order valence-corrected chi connectivity index (χ2v) is 3.20. The van der Waals surface area contributed by atoms with E-state index in [1.54, 1.807) is 0 Å². The first kappa shape index (κ1) is 13.4. The lowest BCUT2D eigenvalue weighted by molar-refractivity contribution is -0.279. The van der Waals surface area contributed by atoms with E-state index in [0.717, 1.165) is 0 Å². The van der Waals surface area contributed by atoms with Gasteiger partial charge in [0, 0.05) is 6.21 Å². The SMILES string of the molecule is CCOC(=O)C1C=NC(=O)NC1(O)C(F)(F)F. The highest BCUT2D eigenvalue weighted by Gasteiger charge is 2.63. The molecule has 1 aliphatic rings. The van der Waals surface area contributed by atoms with E-state index in [2.05, 4.69) is 9.73 Å². The molecule has 0 fully saturated rings. The number of hydrogen-bond donors (Lipinski definition) is 2. The van der Waals surface area contributed by atoms with Crippen LogP contribution in [0.4, 0.5) is 18.0 Å². The van der Waals surface area contributed by atoms with Crippen molar-refractivity contribution in [2.45, 2.75) is 18.8 Å². The molecular weight excluding hydrogens is 245 g/mol. The molecule has 6 nitrogen and oxygen atoms in total. The number of esters is 1. The monoisotopic (exact) mass is 254 g/mol. The Labute approximate surface area is 93.5 Å². The first-order valence-electron chi connectivity index (χ1n) is 4.54. The van der Waals surface area contributed by atoms with Crippen LogP contribution in [0.5, 0.6) is 0 Å². The molecule has 2 N–H and O–H groups in total. The van der Waals surface area contributed by atoms with Crippen molar-refractivity contribution in [3.8, 4) is 0 Å². The van der Waals surface area contributed by atoms with Crippen LogP contribution in [0.15, 0.2) is 4.99 Å². The van der Waals surface area contributed by atoms with Gasteiger partial charge in [-0.15, -0.1) is 0 Å². The minimum absolute atomic E-state index is 0.162. The quantitative estimate of drug-likeness (QED) is 0.689. The predicted molar refractivity (Wildman–Crippen MR) is 48.2 cm³/mol. The minimum atomic E-state index is -5.23. The van der Waals surface area contributed by atoms with Gasteiger partial charge in [0.05, 0.1) is 6.61 Å². The number of carbonyl (C=O) groups is 2. The van der Waals surface area contributed by atoms with Gasteiger partial charge in [-0.2, -0.15) is 13.2 Å². The standard InChI is InChI=1S/C8H9F3N2O4/c1-2-17-5(14)4-3-12-6(15)13-7(4,16)8(9,10)11/h3-4,16H,2H2,1H3,(H,13,15). The summed E-state index contributed by atoms with van der Waals surface area (Å²) in [7, 11) is 0. The molecule has 0 saturated carbocycles. The summed E-state index contributed by atoms with van der Waals surface area (Å²) in [6.07, 6.45) is -4.81. The number of rotatable bonds is 2. The van der Waals surface area contributed by atoms with Crippen LogP contribution < -0.4 is 5.32 Å². The summed E-state index contributed by atoms with van der Waals surface area (Å²) in [6, 6.07) is -1.38. The van der Waals surface area contributed by atoms with Gasteiger partial charge in [0.1, 0.15) is 5.92 Å². The highest BCUT2D eigenvalue weighted by atomic mass is 19.4. The molecule has 0 radical (unpaired) electrons. The third-order valence-electron chi connectivity index (χ3n) is 2.06. The van der Waals surface area contributed by atoms with Gasteiger partial charge in [-0.05, 0) is 6.92 Å². The van der Waals surface area contributed by atoms with E-state index in [1.165, 1.54) is 12.2 Å². The number of alkyl halides is 3. The van der Waals surface area contributed by atoms with Crippen molar-refractivity contribution in [2.75, 3.05) is 6.61 Å². The van der Waals surface area contributed by atoms with Crippen molar-refractivity contribution in [1.82, 2.24) is 5.32 Å². The van der Waals surface area contributed by atoms with Gasteiger partial charge in [0.2, 0.25) is 0 Å². The van der Waals surface area contributed by atoms with Gasteiger partial charge in [-0.1, -0.05) is 0 Å². The van der Waals surface area contributed by atoms with Crippen molar-refractivity contribution in [2.24, 2.45) is 10.9 Å². The zero-order chi connectivity index (χ0) is 13.3. The van der Waals surface area contributed by atoms with E-state index in [9.17, 15) is 27.9 Å². The topological polar surface area (TPSA) is 88.0 Å². The Hall–Kier alpha value is -1.64. The molecule has 0 bridgehead atoms. The number of urea groups is 1. The molecule has 2 unspecified atom stereocenters. The Balaban J connectivity index is 3.11. The molecule has 1 heterocycles. The summed E-state index contributed by atoms with van der Waals surface area (Å²) < 4.78 is 42.2. The molecule has 2 atom stereocenters. The van der Waals surface area contributed by atoms with Crippen molar-refractivity contribution < 1.29 is 32.6 Å². The molecular formula is C8H9F3N2O4. The van der Waals surface area contributed by atoms with Crippen molar-refractivity contribution >= 4 is 18.2 Å². The van der Waals surface area contributed by atoms with Crippen LogP contribution in [0, 0.1) is 5.92 Å². The van der Waals surface area contributed by atoms with E-state index in [0.29, 0.717) is 6.21 Å². The number of halogens is 3. The second kappa shape index (κ2) is 4.32. The molecule has 0 saturated heterocycles. The summed E-state index contributed by atoms with van der Waals surface area (Å²) in [6.45, 7) is 1.23. The number of aliphatic imine (C=N–C) groups is 1. The number of ether oxygens (including phenoxy) is 1. The van der Waals surface area contributed by atoms with Gasteiger partial charge in [-0.3, -0.25) is 10.1 Å². The average Bonchev–Trinajstić information content (AvgIpc) is 2.15. The Bertz CT molecular complexity index is 368. The molecule has 0 aromatic heterocycles. The lowest BCUT2D eigenvalue weighted by Gasteiger charge is -2.36. The molecule has 17 heavy (non-hydrogen) atoms. The predicted octanol–water partition coefficient (Wildman–Crippen LogP) is 0.211. The molecule has 2 amide bonds. The Kier molecular flexibility index (Phi) is 3.41. The van der Waals surface area contributed by atoms with Gasteiger partial charge in [0.15, 0.2) is 0 Å². The number of nitrogens with one attached hydrogen (secondary N) is 1. The van der Waals surface area contributed by atoms with Gasteiger partial charge in [0.25, 0.3) is 5.72 Å². The van der Waals surface area contributed by atoms with E-state index < -0.39 is 29.8 Å². The Morgan fingerprint density at radius 2 is 2.29 bits per heavy atom. The largest absolute Gasteiger partial charge is 0.465 e. The molecule has 0 aromatic carbocycles. The zero-order valence-corrected chi connectivity index (χ0v) is 8.61. The molecule has 96 valence electrons. The fourth-order valence-corrected chi connectivity index (χ4v) is 1.23. The molecule has 0 spiro atoms. The molecule has 1 aliphatic heterocycles. The molecule has 1 rings (SSSR count). The van der Waals surface area contributed by atoms with E-state index in [4.69, 9.17) is 0 Å². The molecule has 0 aromatic rings. The fourth-order valence-electron chi connectivity index (χ4n) is 1.23. The summed E-state index contributed by atoms with van der Waals surface area (Å²) in [5, 5.41) is 10.6. The maximum absolute atomic E-state index is 12.6. The number of amides is 2. The number of aliphatic hydroxyl groups is 1. The van der Waals surface area contributed by atoms with Crippen LogP contribution in [0.25, 0.3) is 0 Å². The second-order valence-electron chi connectivity index (χ2n) is 3.20. The normalized spacial score (nSPS) is 28.8. The van der Waals surface area contributed by atoms with Crippen LogP contribution in [-0.4, -0.2) is 41.8 Å². The highest BCUT2D eigenvalue weighted by molar-refractivity contribution is 5.99. The lowest BCUT2D eigenvalue weighted by Crippen LogP contribution is -2.67. The van der Waals surface area contributed by atoms with E-state index in [1.807, 2.05) is 0 Å². The maximum atomic E-state index is 12.6. The maximum Gasteiger partial charge on any atom is 0.437 e. The van der Waals surface area contributed by atoms with Crippen LogP contribution in [0.2, 0.25) is 0 Å². The number of hydrogen-bond acceptors (Lipinski definition) is 4. The number of carbonyl (C=O) groups excluding carboxylic acids is 2. The van der Waals surface area contributed by atoms with E-state index >= 15 is 0 Å². The van der Waals surface area contributed by atoms with Crippen LogP contribution in [0.3, 0.4) is 0 Å². The van der Waals surface area contributed by atoms with Crippen molar-refractivity contribution in [3.63, 3.8) is 0 Å². The smallest absolute Gasteiger partial charge is 0.437 e. The average molecular weight is 254 g/mol. The molecule has 9 heteroatoms. The Morgan fingerprint density at radius 1 is 1.71 bits per heavy atom. The van der Waals surface area contributed by atoms with Gasteiger partial charge < -0.3 is 9.84 Å². The van der Waals surface area contributed by atoms with Crippen LogP contribution >= 0.6 is 0 Å². The van der Waals surface area contributed by atoms with Crippen LogP contribution in [0.1, 0.15) is 6.92 Å². The summed E-state index contributed by atoms with van der Waals surface area (Å²) in [5.74, 6) is -3.45. The minimum Gasteiger partial charge on any atom is -0.465 e. The van der Waals surface area contributed by atoms with Crippen LogP contribution in [-0.2, 0) is 9.53 Å². The third kappa shape index (κ3) is 2.38. The Morgan fingerprint density at radius 3 is 2.76 bits per heavy atom. The van der Waals surface area contributed by atoms with Gasteiger partial charge in [-0.25, -0.2) is 9.79 Å². The summed E-state index contributed by atoms with van der Waals surface area (Å²) in [4.78, 5) is 25.0. The van der Waals surface area contributed by atoms with E-state index in [-0.39, 0.29) is 6.61 Å². The number of nitrogens with zero attached hydrogens (tertiary/aromatic N) is 1. The van der Waals surface area contributed by atoms with Gasteiger partial charge >= 0.3 is 18.2 Å². The summed E-state index contributed by atoms with van der Waals surface area (Å²) >= 11 is 0. The third-order valence-corrected chi connectivity index (χ3v) is 2.06. The first-order valence-corrected chi connectivity index (χ1v) is 4.54. The highest BCUT2D eigenvalue weighted by Crippen LogP contribution is 2.35. The van der Waals surface area contributed by atoms with Crippen molar-refractivity contribution in [3.05, 3.63) is 0 Å².